The van der Waals surface area contributed by atoms with Crippen LogP contribution in [0.15, 0.2) is 53.3 Å². The lowest BCUT2D eigenvalue weighted by Gasteiger charge is -2.13. The number of rotatable bonds is 3. The molecular formula is C19H16ClN3O3. The van der Waals surface area contributed by atoms with E-state index < -0.39 is 5.91 Å². The molecule has 3 rings (SSSR count). The summed E-state index contributed by atoms with van der Waals surface area (Å²) in [6, 6.07) is 13.0. The number of hydrogen-bond acceptors (Lipinski definition) is 3. The molecule has 2 N–H and O–H groups in total. The van der Waals surface area contributed by atoms with Crippen LogP contribution in [0.3, 0.4) is 0 Å². The van der Waals surface area contributed by atoms with Gasteiger partial charge in [-0.2, -0.15) is 0 Å². The van der Waals surface area contributed by atoms with Gasteiger partial charge >= 0.3 is 0 Å². The highest BCUT2D eigenvalue weighted by molar-refractivity contribution is 6.34. The van der Waals surface area contributed by atoms with Crippen LogP contribution in [-0.2, 0) is 0 Å². The van der Waals surface area contributed by atoms with Gasteiger partial charge in [0.05, 0.1) is 16.1 Å². The average Bonchev–Trinajstić information content (AvgIpc) is 2.60. The Morgan fingerprint density at radius 3 is 2.46 bits per heavy atom. The van der Waals surface area contributed by atoms with E-state index in [0.717, 1.165) is 0 Å². The summed E-state index contributed by atoms with van der Waals surface area (Å²) in [6.45, 7) is 0. The lowest BCUT2D eigenvalue weighted by molar-refractivity contribution is 0.0827. The number of nitrogens with zero attached hydrogens (tertiary/aromatic N) is 1. The zero-order chi connectivity index (χ0) is 18.8. The van der Waals surface area contributed by atoms with Crippen LogP contribution in [0, 0.1) is 0 Å². The number of anilines is 1. The van der Waals surface area contributed by atoms with Gasteiger partial charge in [0.1, 0.15) is 0 Å². The fourth-order valence-corrected chi connectivity index (χ4v) is 2.86. The molecule has 6 nitrogen and oxygen atoms in total. The maximum absolute atomic E-state index is 12.6. The van der Waals surface area contributed by atoms with Crippen LogP contribution in [0.5, 0.6) is 0 Å². The predicted molar refractivity (Wildman–Crippen MR) is 102 cm³/mol. The fraction of sp³-hybridized carbons (Fsp3) is 0.105. The van der Waals surface area contributed by atoms with E-state index in [2.05, 4.69) is 10.3 Å². The van der Waals surface area contributed by atoms with Crippen molar-refractivity contribution in [2.24, 2.45) is 0 Å². The highest BCUT2D eigenvalue weighted by Crippen LogP contribution is 2.23. The second-order valence-corrected chi connectivity index (χ2v) is 6.35. The molecule has 0 aliphatic carbocycles. The Morgan fingerprint density at radius 2 is 1.77 bits per heavy atom. The maximum atomic E-state index is 12.6. The number of pyridine rings is 1. The van der Waals surface area contributed by atoms with Gasteiger partial charge in [-0.05, 0) is 24.3 Å². The van der Waals surface area contributed by atoms with Gasteiger partial charge in [0.15, 0.2) is 0 Å². The van der Waals surface area contributed by atoms with Crippen molar-refractivity contribution >= 4 is 40.0 Å². The molecule has 0 aliphatic heterocycles. The second kappa shape index (κ2) is 7.01. The Bertz CT molecular complexity index is 1070. The SMILES string of the molecule is CN(C)C(=O)c1ccc(NC(=O)c2cc(=O)[nH]c3ccccc23)cc1Cl. The minimum absolute atomic E-state index is 0.228. The first-order valence-electron chi connectivity index (χ1n) is 7.81. The van der Waals surface area contributed by atoms with E-state index in [1.54, 1.807) is 50.5 Å². The van der Waals surface area contributed by atoms with Crippen molar-refractivity contribution in [3.8, 4) is 0 Å². The smallest absolute Gasteiger partial charge is 0.256 e. The normalized spacial score (nSPS) is 10.6. The minimum atomic E-state index is -0.435. The van der Waals surface area contributed by atoms with Gasteiger partial charge in [0, 0.05) is 36.8 Å². The number of hydrogen-bond donors (Lipinski definition) is 2. The van der Waals surface area contributed by atoms with E-state index >= 15 is 0 Å². The summed E-state index contributed by atoms with van der Waals surface area (Å²) in [7, 11) is 3.26. The summed E-state index contributed by atoms with van der Waals surface area (Å²) in [5.74, 6) is -0.663. The van der Waals surface area contributed by atoms with Crippen molar-refractivity contribution in [1.29, 1.82) is 0 Å². The highest BCUT2D eigenvalue weighted by Gasteiger charge is 2.15. The molecule has 2 amide bonds. The van der Waals surface area contributed by atoms with Gasteiger partial charge in [-0.3, -0.25) is 14.4 Å². The third-order valence-corrected chi connectivity index (χ3v) is 4.17. The molecule has 0 bridgehead atoms. The zero-order valence-corrected chi connectivity index (χ0v) is 14.9. The number of carbonyl (C=O) groups excluding carboxylic acids is 2. The molecule has 1 heterocycles. The van der Waals surface area contributed by atoms with Gasteiger partial charge in [-0.15, -0.1) is 0 Å². The monoisotopic (exact) mass is 369 g/mol. The molecule has 0 spiro atoms. The number of benzene rings is 2. The summed E-state index contributed by atoms with van der Waals surface area (Å²) in [5, 5.41) is 3.58. The van der Waals surface area contributed by atoms with Gasteiger partial charge in [-0.1, -0.05) is 29.8 Å². The molecule has 0 radical (unpaired) electrons. The molecule has 7 heteroatoms. The van der Waals surface area contributed by atoms with Gasteiger partial charge in [-0.25, -0.2) is 0 Å². The van der Waals surface area contributed by atoms with E-state index in [1.165, 1.54) is 17.0 Å². The van der Waals surface area contributed by atoms with Crippen molar-refractivity contribution in [1.82, 2.24) is 9.88 Å². The third kappa shape index (κ3) is 3.45. The molecule has 2 aromatic carbocycles. The van der Waals surface area contributed by atoms with Crippen molar-refractivity contribution in [2.75, 3.05) is 19.4 Å². The van der Waals surface area contributed by atoms with Crippen LogP contribution in [-0.4, -0.2) is 35.8 Å². The van der Waals surface area contributed by atoms with Crippen LogP contribution < -0.4 is 10.9 Å². The molecule has 0 aliphatic rings. The molecule has 0 saturated carbocycles. The van der Waals surface area contributed by atoms with Crippen molar-refractivity contribution in [2.45, 2.75) is 0 Å². The molecular weight excluding hydrogens is 354 g/mol. The topological polar surface area (TPSA) is 82.3 Å². The maximum Gasteiger partial charge on any atom is 0.256 e. The number of H-pyrrole nitrogens is 1. The van der Waals surface area contributed by atoms with Crippen LogP contribution in [0.25, 0.3) is 10.9 Å². The van der Waals surface area contributed by atoms with E-state index in [1.807, 2.05) is 0 Å². The van der Waals surface area contributed by atoms with Crippen LogP contribution in [0.4, 0.5) is 5.69 Å². The Labute approximate surface area is 154 Å². The Hall–Kier alpha value is -3.12. The largest absolute Gasteiger partial charge is 0.345 e. The van der Waals surface area contributed by atoms with Crippen LogP contribution in [0.1, 0.15) is 20.7 Å². The summed E-state index contributed by atoms with van der Waals surface area (Å²) in [6.07, 6.45) is 0. The summed E-state index contributed by atoms with van der Waals surface area (Å²) < 4.78 is 0. The quantitative estimate of drug-likeness (QED) is 0.744. The van der Waals surface area contributed by atoms with Crippen LogP contribution >= 0.6 is 11.6 Å². The summed E-state index contributed by atoms with van der Waals surface area (Å²) in [4.78, 5) is 40.6. The molecule has 3 aromatic rings. The Morgan fingerprint density at radius 1 is 1.04 bits per heavy atom. The first-order valence-corrected chi connectivity index (χ1v) is 8.19. The lowest BCUT2D eigenvalue weighted by atomic mass is 10.1. The van der Waals surface area contributed by atoms with Gasteiger partial charge in [0.2, 0.25) is 5.56 Å². The molecule has 0 saturated heterocycles. The molecule has 26 heavy (non-hydrogen) atoms. The number of fused-ring (bicyclic) bond motifs is 1. The van der Waals surface area contributed by atoms with Gasteiger partial charge < -0.3 is 15.2 Å². The molecule has 1 aromatic heterocycles. The number of halogens is 1. The highest BCUT2D eigenvalue weighted by atomic mass is 35.5. The summed E-state index contributed by atoms with van der Waals surface area (Å²) in [5.41, 5.74) is 1.25. The number of aromatic amines is 1. The number of amides is 2. The molecule has 0 fully saturated rings. The van der Waals surface area contributed by atoms with E-state index in [0.29, 0.717) is 22.2 Å². The average molecular weight is 370 g/mol. The number of nitrogens with one attached hydrogen (secondary N) is 2. The minimum Gasteiger partial charge on any atom is -0.345 e. The Kier molecular flexibility index (Phi) is 4.77. The second-order valence-electron chi connectivity index (χ2n) is 5.94. The lowest BCUT2D eigenvalue weighted by Crippen LogP contribution is -2.22. The van der Waals surface area contributed by atoms with Crippen molar-refractivity contribution < 1.29 is 9.59 Å². The predicted octanol–water partition coefficient (Wildman–Crippen LogP) is 3.14. The molecule has 0 atom stereocenters. The Balaban J connectivity index is 1.93. The number of carbonyl (C=O) groups is 2. The van der Waals surface area contributed by atoms with Crippen molar-refractivity contribution in [3.05, 3.63) is 75.0 Å². The zero-order valence-electron chi connectivity index (χ0n) is 14.2. The molecule has 132 valence electrons. The number of para-hydroxylation sites is 1. The first-order chi connectivity index (χ1) is 12.4. The van der Waals surface area contributed by atoms with Crippen molar-refractivity contribution in [3.63, 3.8) is 0 Å². The van der Waals surface area contributed by atoms with E-state index in [4.69, 9.17) is 11.6 Å². The van der Waals surface area contributed by atoms with Crippen LogP contribution in [0.2, 0.25) is 5.02 Å². The standard InChI is InChI=1S/C19H16ClN3O3/c1-23(2)19(26)13-8-7-11(9-15(13)20)21-18(25)14-10-17(24)22-16-6-4-3-5-12(14)16/h3-10H,1-2H3,(H,21,25)(H,22,24). The third-order valence-electron chi connectivity index (χ3n) is 3.86. The van der Waals surface area contributed by atoms with Gasteiger partial charge in [0.25, 0.3) is 11.8 Å². The summed E-state index contributed by atoms with van der Waals surface area (Å²) >= 11 is 6.16. The molecule has 0 unspecified atom stereocenters. The number of aromatic nitrogens is 1. The van der Waals surface area contributed by atoms with E-state index in [-0.39, 0.29) is 22.1 Å². The first kappa shape index (κ1) is 17.7. The van der Waals surface area contributed by atoms with E-state index in [9.17, 15) is 14.4 Å². The fourth-order valence-electron chi connectivity index (χ4n) is 2.60.